The number of carbonyl (C=O) groups excluding carboxylic acids is 2. The summed E-state index contributed by atoms with van der Waals surface area (Å²) in [6.45, 7) is 4.08. The molecule has 1 N–H and O–H groups in total. The van der Waals surface area contributed by atoms with Crippen LogP contribution in [-0.2, 0) is 14.3 Å². The van der Waals surface area contributed by atoms with Crippen LogP contribution in [0.3, 0.4) is 0 Å². The van der Waals surface area contributed by atoms with Crippen molar-refractivity contribution in [1.29, 1.82) is 0 Å². The maximum atomic E-state index is 12.1. The van der Waals surface area contributed by atoms with E-state index in [9.17, 15) is 9.59 Å². The molecule has 0 bridgehead atoms. The molecule has 1 aromatic rings. The molecule has 0 saturated carbocycles. The van der Waals surface area contributed by atoms with E-state index in [0.717, 1.165) is 18.6 Å². The van der Waals surface area contributed by atoms with Crippen molar-refractivity contribution in [3.8, 4) is 5.75 Å². The molecule has 0 spiro atoms. The van der Waals surface area contributed by atoms with Crippen LogP contribution in [0.4, 0.5) is 5.69 Å². The first-order valence-corrected chi connectivity index (χ1v) is 7.98. The Hall–Kier alpha value is -2.30. The van der Waals surface area contributed by atoms with Crippen molar-refractivity contribution in [3.63, 3.8) is 0 Å². The highest BCUT2D eigenvalue weighted by Gasteiger charge is 2.21. The molecule has 0 aliphatic heterocycles. The van der Waals surface area contributed by atoms with Crippen molar-refractivity contribution in [1.82, 2.24) is 0 Å². The molecule has 0 unspecified atom stereocenters. The molecule has 124 valence electrons. The Bertz CT molecular complexity index is 565. The van der Waals surface area contributed by atoms with Crippen molar-refractivity contribution >= 4 is 17.6 Å². The summed E-state index contributed by atoms with van der Waals surface area (Å²) in [4.78, 5) is 23.9. The van der Waals surface area contributed by atoms with Crippen LogP contribution in [0.25, 0.3) is 0 Å². The highest BCUT2D eigenvalue weighted by atomic mass is 16.5. The molecule has 0 fully saturated rings. The first-order chi connectivity index (χ1) is 11.1. The second-order valence-corrected chi connectivity index (χ2v) is 5.55. The van der Waals surface area contributed by atoms with Crippen LogP contribution in [0.1, 0.15) is 33.1 Å². The monoisotopic (exact) mass is 317 g/mol. The zero-order chi connectivity index (χ0) is 16.7. The maximum absolute atomic E-state index is 12.1. The van der Waals surface area contributed by atoms with E-state index in [1.165, 1.54) is 0 Å². The van der Waals surface area contributed by atoms with Crippen LogP contribution in [0.15, 0.2) is 36.4 Å². The number of hydrogen-bond donors (Lipinski definition) is 1. The van der Waals surface area contributed by atoms with E-state index in [0.29, 0.717) is 18.7 Å². The van der Waals surface area contributed by atoms with Crippen LogP contribution >= 0.6 is 0 Å². The van der Waals surface area contributed by atoms with E-state index >= 15 is 0 Å². The minimum Gasteiger partial charge on any atom is -0.494 e. The first-order valence-electron chi connectivity index (χ1n) is 7.98. The number of ether oxygens (including phenoxy) is 2. The Kier molecular flexibility index (Phi) is 6.20. The van der Waals surface area contributed by atoms with Gasteiger partial charge >= 0.3 is 5.97 Å². The Morgan fingerprint density at radius 3 is 2.65 bits per heavy atom. The molecule has 23 heavy (non-hydrogen) atoms. The average molecular weight is 317 g/mol. The summed E-state index contributed by atoms with van der Waals surface area (Å²) in [6.07, 6.45) is 5.59. The number of esters is 1. The Labute approximate surface area is 136 Å². The van der Waals surface area contributed by atoms with E-state index in [-0.39, 0.29) is 17.8 Å². The van der Waals surface area contributed by atoms with Gasteiger partial charge in [-0.1, -0.05) is 12.2 Å². The molecule has 1 aliphatic rings. The first kappa shape index (κ1) is 17.1. The molecule has 0 saturated heterocycles. The van der Waals surface area contributed by atoms with Gasteiger partial charge in [0, 0.05) is 5.69 Å². The summed E-state index contributed by atoms with van der Waals surface area (Å²) >= 11 is 0. The predicted octanol–water partition coefficient (Wildman–Crippen LogP) is 3.31. The van der Waals surface area contributed by atoms with Crippen molar-refractivity contribution in [2.75, 3.05) is 11.9 Å². The summed E-state index contributed by atoms with van der Waals surface area (Å²) in [5, 5.41) is 2.72. The van der Waals surface area contributed by atoms with Crippen molar-refractivity contribution in [2.24, 2.45) is 5.92 Å². The van der Waals surface area contributed by atoms with Gasteiger partial charge in [0.05, 0.1) is 13.0 Å². The number of rotatable bonds is 7. The third-order valence-corrected chi connectivity index (χ3v) is 3.65. The van der Waals surface area contributed by atoms with Gasteiger partial charge in [-0.15, -0.1) is 0 Å². The topological polar surface area (TPSA) is 64.6 Å². The van der Waals surface area contributed by atoms with Gasteiger partial charge in [0.25, 0.3) is 5.91 Å². The van der Waals surface area contributed by atoms with Crippen molar-refractivity contribution < 1.29 is 19.1 Å². The normalized spacial score (nSPS) is 17.6. The lowest BCUT2D eigenvalue weighted by Gasteiger charge is -2.15. The van der Waals surface area contributed by atoms with Crippen LogP contribution in [-0.4, -0.2) is 24.6 Å². The summed E-state index contributed by atoms with van der Waals surface area (Å²) < 4.78 is 10.5. The molecule has 0 heterocycles. The standard InChI is InChI=1S/C18H23NO4/c1-3-22-16-10-8-15(9-11-16)19-18(21)13(2)23-17(20)12-14-6-4-5-7-14/h4,6,8-11,13-14H,3,5,7,12H2,1-2H3,(H,19,21)/t13-,14-/m1/s1. The molecule has 2 rings (SSSR count). The van der Waals surface area contributed by atoms with E-state index < -0.39 is 6.10 Å². The van der Waals surface area contributed by atoms with Gasteiger partial charge in [-0.2, -0.15) is 0 Å². The molecule has 5 heteroatoms. The molecular formula is C18H23NO4. The smallest absolute Gasteiger partial charge is 0.307 e. The molecular weight excluding hydrogens is 294 g/mol. The molecule has 1 aromatic carbocycles. The fourth-order valence-electron chi connectivity index (χ4n) is 2.42. The SMILES string of the molecule is CCOc1ccc(NC(=O)[C@@H](C)OC(=O)C[C@@H]2C=CCC2)cc1. The molecule has 1 amide bonds. The maximum Gasteiger partial charge on any atom is 0.307 e. The molecule has 0 radical (unpaired) electrons. The minimum absolute atomic E-state index is 0.240. The highest BCUT2D eigenvalue weighted by molar-refractivity contribution is 5.95. The van der Waals surface area contributed by atoms with Gasteiger partial charge in [0.15, 0.2) is 6.10 Å². The number of allylic oxidation sites excluding steroid dienone is 2. The molecule has 2 atom stereocenters. The number of amides is 1. The van der Waals surface area contributed by atoms with Crippen LogP contribution in [0.2, 0.25) is 0 Å². The highest BCUT2D eigenvalue weighted by Crippen LogP contribution is 2.21. The zero-order valence-corrected chi connectivity index (χ0v) is 13.6. The van der Waals surface area contributed by atoms with Gasteiger partial charge in [0.2, 0.25) is 0 Å². The lowest BCUT2D eigenvalue weighted by atomic mass is 10.1. The summed E-state index contributed by atoms with van der Waals surface area (Å²) in [5.74, 6) is 0.304. The number of carbonyl (C=O) groups is 2. The van der Waals surface area contributed by atoms with E-state index in [1.807, 2.05) is 13.0 Å². The molecule has 5 nitrogen and oxygen atoms in total. The zero-order valence-electron chi connectivity index (χ0n) is 13.6. The summed E-state index contributed by atoms with van der Waals surface area (Å²) in [6, 6.07) is 7.06. The molecule has 0 aromatic heterocycles. The Balaban J connectivity index is 1.79. The number of nitrogens with one attached hydrogen (secondary N) is 1. The van der Waals surface area contributed by atoms with Gasteiger partial charge in [0.1, 0.15) is 5.75 Å². The van der Waals surface area contributed by atoms with Crippen molar-refractivity contribution in [3.05, 3.63) is 36.4 Å². The number of benzene rings is 1. The summed E-state index contributed by atoms with van der Waals surface area (Å²) in [7, 11) is 0. The lowest BCUT2D eigenvalue weighted by molar-refractivity contribution is -0.153. The minimum atomic E-state index is -0.820. The molecule has 1 aliphatic carbocycles. The fraction of sp³-hybridized carbons (Fsp3) is 0.444. The van der Waals surface area contributed by atoms with E-state index in [4.69, 9.17) is 9.47 Å². The average Bonchev–Trinajstić information content (AvgIpc) is 3.02. The Morgan fingerprint density at radius 2 is 2.04 bits per heavy atom. The van der Waals surface area contributed by atoms with E-state index in [1.54, 1.807) is 31.2 Å². The lowest BCUT2D eigenvalue weighted by Crippen LogP contribution is -2.30. The largest absolute Gasteiger partial charge is 0.494 e. The van der Waals surface area contributed by atoms with Gasteiger partial charge in [-0.05, 0) is 56.9 Å². The van der Waals surface area contributed by atoms with E-state index in [2.05, 4.69) is 11.4 Å². The predicted molar refractivity (Wildman–Crippen MR) is 88.3 cm³/mol. The second-order valence-electron chi connectivity index (χ2n) is 5.55. The second kappa shape index (κ2) is 8.36. The van der Waals surface area contributed by atoms with Gasteiger partial charge < -0.3 is 14.8 Å². The Morgan fingerprint density at radius 1 is 1.30 bits per heavy atom. The van der Waals surface area contributed by atoms with Crippen LogP contribution in [0.5, 0.6) is 5.75 Å². The van der Waals surface area contributed by atoms with Crippen LogP contribution < -0.4 is 10.1 Å². The third kappa shape index (κ3) is 5.43. The number of hydrogen-bond acceptors (Lipinski definition) is 4. The third-order valence-electron chi connectivity index (χ3n) is 3.65. The van der Waals surface area contributed by atoms with Gasteiger partial charge in [-0.3, -0.25) is 9.59 Å². The van der Waals surface area contributed by atoms with Crippen LogP contribution in [0, 0.1) is 5.92 Å². The van der Waals surface area contributed by atoms with Crippen molar-refractivity contribution in [2.45, 2.75) is 39.2 Å². The fourth-order valence-corrected chi connectivity index (χ4v) is 2.42. The van der Waals surface area contributed by atoms with Gasteiger partial charge in [-0.25, -0.2) is 0 Å². The number of anilines is 1. The summed E-state index contributed by atoms with van der Waals surface area (Å²) in [5.41, 5.74) is 0.639. The quantitative estimate of drug-likeness (QED) is 0.619.